The van der Waals surface area contributed by atoms with Crippen LogP contribution in [0.3, 0.4) is 0 Å². The molecule has 6 nitrogen and oxygen atoms in total. The van der Waals surface area contributed by atoms with Crippen LogP contribution in [0.4, 0.5) is 5.95 Å². The Kier molecular flexibility index (Phi) is 2.88. The zero-order chi connectivity index (χ0) is 10.8. The molecule has 0 aromatic carbocycles. The van der Waals surface area contributed by atoms with Gasteiger partial charge in [0, 0.05) is 27.7 Å². The van der Waals surface area contributed by atoms with Gasteiger partial charge in [0.05, 0.1) is 12.1 Å². The molecule has 0 saturated carbocycles. The molecule has 1 aromatic heterocycles. The summed E-state index contributed by atoms with van der Waals surface area (Å²) in [5, 5.41) is 7.16. The van der Waals surface area contributed by atoms with Crippen LogP contribution in [-0.4, -0.2) is 44.0 Å². The Bertz CT molecular complexity index is 326. The van der Waals surface area contributed by atoms with E-state index >= 15 is 0 Å². The lowest BCUT2D eigenvalue weighted by molar-refractivity contribution is 0.116. The van der Waals surface area contributed by atoms with E-state index in [-0.39, 0.29) is 12.1 Å². The van der Waals surface area contributed by atoms with Crippen LogP contribution >= 0.6 is 0 Å². The molecule has 1 N–H and O–H groups in total. The van der Waals surface area contributed by atoms with Gasteiger partial charge in [-0.05, 0) is 11.6 Å². The summed E-state index contributed by atoms with van der Waals surface area (Å²) in [5.41, 5.74) is 0. The monoisotopic (exact) mass is 212 g/mol. The van der Waals surface area contributed by atoms with E-state index in [9.17, 15) is 0 Å². The van der Waals surface area contributed by atoms with Gasteiger partial charge in [0.2, 0.25) is 5.89 Å². The highest BCUT2D eigenvalue weighted by Gasteiger charge is 2.29. The normalized spacial score (nSPS) is 25.8. The smallest absolute Gasteiger partial charge is 0.265 e. The lowest BCUT2D eigenvalue weighted by Gasteiger charge is -2.05. The van der Waals surface area contributed by atoms with Gasteiger partial charge in [0.1, 0.15) is 0 Å². The van der Waals surface area contributed by atoms with Crippen molar-refractivity contribution in [3.05, 3.63) is 5.89 Å². The summed E-state index contributed by atoms with van der Waals surface area (Å²) in [6.45, 7) is 0.834. The summed E-state index contributed by atoms with van der Waals surface area (Å²) in [6, 6.07) is 0.121. The fraction of sp³-hybridized carbons (Fsp3) is 0.778. The number of rotatable bonds is 3. The van der Waals surface area contributed by atoms with Gasteiger partial charge in [-0.15, -0.1) is 0 Å². The SMILES string of the molecule is CO[C@@H]1CN[C@@H](c2nc(N(C)C)no2)C1. The van der Waals surface area contributed by atoms with Crippen molar-refractivity contribution >= 4 is 5.95 Å². The average Bonchev–Trinajstić information content (AvgIpc) is 2.86. The summed E-state index contributed by atoms with van der Waals surface area (Å²) < 4.78 is 10.4. The molecule has 0 radical (unpaired) electrons. The third kappa shape index (κ3) is 2.10. The van der Waals surface area contributed by atoms with Gasteiger partial charge >= 0.3 is 0 Å². The first-order valence-corrected chi connectivity index (χ1v) is 4.98. The number of methoxy groups -OCH3 is 1. The third-order valence-corrected chi connectivity index (χ3v) is 2.55. The zero-order valence-corrected chi connectivity index (χ0v) is 9.23. The van der Waals surface area contributed by atoms with Crippen molar-refractivity contribution in [2.24, 2.45) is 0 Å². The number of nitrogens with one attached hydrogen (secondary N) is 1. The molecule has 1 aliphatic rings. The van der Waals surface area contributed by atoms with Gasteiger partial charge in [-0.25, -0.2) is 0 Å². The molecule has 1 aromatic rings. The topological polar surface area (TPSA) is 63.4 Å². The Morgan fingerprint density at radius 2 is 2.33 bits per heavy atom. The second-order valence-corrected chi connectivity index (χ2v) is 3.88. The van der Waals surface area contributed by atoms with Crippen LogP contribution in [0.25, 0.3) is 0 Å². The molecule has 84 valence electrons. The molecule has 0 amide bonds. The van der Waals surface area contributed by atoms with Crippen molar-refractivity contribution in [1.29, 1.82) is 0 Å². The van der Waals surface area contributed by atoms with Crippen molar-refractivity contribution in [2.75, 3.05) is 32.6 Å². The zero-order valence-electron chi connectivity index (χ0n) is 9.23. The molecule has 2 atom stereocenters. The third-order valence-electron chi connectivity index (χ3n) is 2.55. The average molecular weight is 212 g/mol. The molecule has 2 heterocycles. The highest BCUT2D eigenvalue weighted by atomic mass is 16.5. The van der Waals surface area contributed by atoms with E-state index in [0.717, 1.165) is 13.0 Å². The maximum Gasteiger partial charge on any atom is 0.265 e. The molecule has 2 rings (SSSR count). The quantitative estimate of drug-likeness (QED) is 0.771. The summed E-state index contributed by atoms with van der Waals surface area (Å²) in [7, 11) is 5.48. The maximum absolute atomic E-state index is 5.25. The number of nitrogens with zero attached hydrogens (tertiary/aromatic N) is 3. The van der Waals surface area contributed by atoms with Crippen molar-refractivity contribution in [3.8, 4) is 0 Å². The largest absolute Gasteiger partial charge is 0.380 e. The van der Waals surface area contributed by atoms with Crippen LogP contribution in [0.5, 0.6) is 0 Å². The predicted octanol–water partition coefficient (Wildman–Crippen LogP) is 0.185. The van der Waals surface area contributed by atoms with Crippen LogP contribution in [0.2, 0.25) is 0 Å². The van der Waals surface area contributed by atoms with Gasteiger partial charge in [0.15, 0.2) is 0 Å². The summed E-state index contributed by atoms with van der Waals surface area (Å²) in [6.07, 6.45) is 1.12. The number of hydrogen-bond donors (Lipinski definition) is 1. The van der Waals surface area contributed by atoms with Crippen LogP contribution in [0.1, 0.15) is 18.4 Å². The van der Waals surface area contributed by atoms with E-state index in [4.69, 9.17) is 9.26 Å². The molecule has 1 fully saturated rings. The first kappa shape index (κ1) is 10.4. The van der Waals surface area contributed by atoms with Gasteiger partial charge < -0.3 is 19.5 Å². The van der Waals surface area contributed by atoms with Gasteiger partial charge in [-0.2, -0.15) is 4.98 Å². The second-order valence-electron chi connectivity index (χ2n) is 3.88. The molecule has 0 aliphatic carbocycles. The van der Waals surface area contributed by atoms with Crippen LogP contribution in [-0.2, 0) is 4.74 Å². The highest BCUT2D eigenvalue weighted by molar-refractivity contribution is 5.24. The first-order valence-electron chi connectivity index (χ1n) is 4.98. The van der Waals surface area contributed by atoms with Crippen molar-refractivity contribution < 1.29 is 9.26 Å². The van der Waals surface area contributed by atoms with E-state index in [1.54, 1.807) is 7.11 Å². The van der Waals surface area contributed by atoms with Crippen LogP contribution < -0.4 is 10.2 Å². The fourth-order valence-corrected chi connectivity index (χ4v) is 1.62. The Balaban J connectivity index is 2.04. The van der Waals surface area contributed by atoms with Crippen molar-refractivity contribution in [3.63, 3.8) is 0 Å². The second kappa shape index (κ2) is 4.16. The molecule has 1 aliphatic heterocycles. The van der Waals surface area contributed by atoms with E-state index in [0.29, 0.717) is 11.8 Å². The number of aromatic nitrogens is 2. The fourth-order valence-electron chi connectivity index (χ4n) is 1.62. The minimum atomic E-state index is 0.121. The Morgan fingerprint density at radius 3 is 2.87 bits per heavy atom. The molecule has 0 bridgehead atoms. The highest BCUT2D eigenvalue weighted by Crippen LogP contribution is 2.24. The van der Waals surface area contributed by atoms with E-state index in [1.807, 2.05) is 19.0 Å². The van der Waals surface area contributed by atoms with Gasteiger partial charge in [-0.3, -0.25) is 0 Å². The Morgan fingerprint density at radius 1 is 1.53 bits per heavy atom. The van der Waals surface area contributed by atoms with Crippen molar-refractivity contribution in [2.45, 2.75) is 18.6 Å². The standard InChI is InChI=1S/C9H16N4O2/c1-13(2)9-11-8(15-12-9)7-4-6(14-3)5-10-7/h6-7,10H,4-5H2,1-3H3/t6-,7+/m0/s1. The molecular weight excluding hydrogens is 196 g/mol. The summed E-state index contributed by atoms with van der Waals surface area (Å²) in [5.74, 6) is 1.24. The predicted molar refractivity (Wildman–Crippen MR) is 54.8 cm³/mol. The van der Waals surface area contributed by atoms with E-state index in [2.05, 4.69) is 15.5 Å². The lowest BCUT2D eigenvalue weighted by Crippen LogP contribution is -2.16. The molecule has 0 spiro atoms. The Labute approximate surface area is 88.6 Å². The first-order chi connectivity index (χ1) is 7.20. The summed E-state index contributed by atoms with van der Waals surface area (Å²) in [4.78, 5) is 6.11. The Hall–Kier alpha value is -1.14. The van der Waals surface area contributed by atoms with Crippen LogP contribution in [0, 0.1) is 0 Å². The molecule has 15 heavy (non-hydrogen) atoms. The number of ether oxygens (including phenoxy) is 1. The van der Waals surface area contributed by atoms with Crippen molar-refractivity contribution in [1.82, 2.24) is 15.5 Å². The lowest BCUT2D eigenvalue weighted by atomic mass is 10.2. The minimum absolute atomic E-state index is 0.121. The number of hydrogen-bond acceptors (Lipinski definition) is 6. The van der Waals surface area contributed by atoms with Gasteiger partial charge in [0.25, 0.3) is 5.95 Å². The van der Waals surface area contributed by atoms with Crippen LogP contribution in [0.15, 0.2) is 4.52 Å². The van der Waals surface area contributed by atoms with Gasteiger partial charge in [-0.1, -0.05) is 0 Å². The molecule has 6 heteroatoms. The van der Waals surface area contributed by atoms with E-state index < -0.39 is 0 Å². The minimum Gasteiger partial charge on any atom is -0.380 e. The summed E-state index contributed by atoms with van der Waals surface area (Å²) >= 11 is 0. The molecule has 1 saturated heterocycles. The molecular formula is C9H16N4O2. The maximum atomic E-state index is 5.25. The molecule has 0 unspecified atom stereocenters. The number of anilines is 1. The van der Waals surface area contributed by atoms with E-state index in [1.165, 1.54) is 0 Å².